The van der Waals surface area contributed by atoms with Crippen LogP contribution in [0.5, 0.6) is 5.75 Å². The van der Waals surface area contributed by atoms with Gasteiger partial charge in [0.1, 0.15) is 11.3 Å². The molecule has 0 unspecified atom stereocenters. The van der Waals surface area contributed by atoms with E-state index in [1.54, 1.807) is 54.2 Å². The highest BCUT2D eigenvalue weighted by Crippen LogP contribution is 2.22. The number of esters is 1. The number of aldehydes is 1. The van der Waals surface area contributed by atoms with Crippen LogP contribution in [0.25, 0.3) is 0 Å². The molecule has 0 heterocycles. The van der Waals surface area contributed by atoms with Crippen molar-refractivity contribution in [3.63, 3.8) is 0 Å². The van der Waals surface area contributed by atoms with Crippen molar-refractivity contribution in [1.29, 1.82) is 0 Å². The SMILES string of the molecule is CSc1ccc(N(Cl)/C=C(\C=O)C(=O)Oc2ccccc2)cc1. The number of benzene rings is 2. The number of ether oxygens (including phenoxy) is 1. The monoisotopic (exact) mass is 347 g/mol. The van der Waals surface area contributed by atoms with Crippen LogP contribution in [0.15, 0.2) is 71.3 Å². The van der Waals surface area contributed by atoms with E-state index < -0.39 is 5.97 Å². The molecule has 0 atom stereocenters. The minimum atomic E-state index is -0.766. The third-order valence-electron chi connectivity index (χ3n) is 2.89. The van der Waals surface area contributed by atoms with Crippen LogP contribution < -0.4 is 9.16 Å². The molecule has 0 aliphatic rings. The zero-order valence-corrected chi connectivity index (χ0v) is 13.9. The summed E-state index contributed by atoms with van der Waals surface area (Å²) in [6, 6.07) is 15.9. The molecule has 4 nitrogen and oxygen atoms in total. The molecule has 0 N–H and O–H groups in total. The number of nitrogens with zero attached hydrogens (tertiary/aromatic N) is 1. The van der Waals surface area contributed by atoms with Crippen molar-refractivity contribution in [2.24, 2.45) is 0 Å². The summed E-state index contributed by atoms with van der Waals surface area (Å²) in [5.74, 6) is -0.409. The second-order valence-corrected chi connectivity index (χ2v) is 5.66. The van der Waals surface area contributed by atoms with Gasteiger partial charge in [0, 0.05) is 22.9 Å². The smallest absolute Gasteiger partial charge is 0.348 e. The van der Waals surface area contributed by atoms with E-state index in [9.17, 15) is 9.59 Å². The molecule has 2 aromatic carbocycles. The molecule has 0 saturated carbocycles. The molecule has 2 rings (SSSR count). The van der Waals surface area contributed by atoms with Crippen LogP contribution >= 0.6 is 23.5 Å². The summed E-state index contributed by atoms with van der Waals surface area (Å²) in [5.41, 5.74) is 0.453. The van der Waals surface area contributed by atoms with E-state index in [2.05, 4.69) is 0 Å². The largest absolute Gasteiger partial charge is 0.423 e. The molecule has 6 heteroatoms. The first-order chi connectivity index (χ1) is 11.1. The van der Waals surface area contributed by atoms with E-state index in [1.165, 1.54) is 10.6 Å². The number of para-hydroxylation sites is 1. The topological polar surface area (TPSA) is 46.6 Å². The quantitative estimate of drug-likeness (QED) is 0.115. The number of carbonyl (C=O) groups is 2. The maximum absolute atomic E-state index is 12.0. The molecule has 0 saturated heterocycles. The predicted molar refractivity (Wildman–Crippen MR) is 92.8 cm³/mol. The minimum Gasteiger partial charge on any atom is -0.423 e. The van der Waals surface area contributed by atoms with Crippen molar-refractivity contribution in [3.05, 3.63) is 66.4 Å². The number of carbonyl (C=O) groups excluding carboxylic acids is 2. The Morgan fingerprint density at radius 3 is 2.35 bits per heavy atom. The normalized spacial score (nSPS) is 11.0. The van der Waals surface area contributed by atoms with Crippen LogP contribution in [-0.2, 0) is 9.59 Å². The van der Waals surface area contributed by atoms with Crippen molar-refractivity contribution >= 4 is 41.5 Å². The number of hydrogen-bond acceptors (Lipinski definition) is 5. The lowest BCUT2D eigenvalue weighted by atomic mass is 10.3. The number of halogens is 1. The Morgan fingerprint density at radius 2 is 1.78 bits per heavy atom. The van der Waals surface area contributed by atoms with Crippen molar-refractivity contribution in [2.75, 3.05) is 10.7 Å². The van der Waals surface area contributed by atoms with Crippen molar-refractivity contribution in [2.45, 2.75) is 4.90 Å². The maximum atomic E-state index is 12.0. The van der Waals surface area contributed by atoms with Crippen molar-refractivity contribution in [1.82, 2.24) is 0 Å². The molecule has 2 aromatic rings. The summed E-state index contributed by atoms with van der Waals surface area (Å²) < 4.78 is 6.29. The lowest BCUT2D eigenvalue weighted by Gasteiger charge is -2.12. The van der Waals surface area contributed by atoms with Gasteiger partial charge in [0.25, 0.3) is 0 Å². The summed E-state index contributed by atoms with van der Waals surface area (Å²) in [6.45, 7) is 0. The zero-order valence-electron chi connectivity index (χ0n) is 12.3. The number of rotatable bonds is 6. The molecule has 0 spiro atoms. The Kier molecular flexibility index (Phi) is 6.26. The lowest BCUT2D eigenvalue weighted by Crippen LogP contribution is -2.15. The Balaban J connectivity index is 2.13. The second-order valence-electron chi connectivity index (χ2n) is 4.41. The van der Waals surface area contributed by atoms with Gasteiger partial charge in [0.2, 0.25) is 0 Å². The molecule has 0 fully saturated rings. The van der Waals surface area contributed by atoms with E-state index in [4.69, 9.17) is 16.5 Å². The number of anilines is 1. The highest BCUT2D eigenvalue weighted by Gasteiger charge is 2.13. The van der Waals surface area contributed by atoms with Gasteiger partial charge < -0.3 is 4.74 Å². The predicted octanol–water partition coefficient (Wildman–Crippen LogP) is 4.06. The average Bonchev–Trinajstić information content (AvgIpc) is 2.60. The number of thioether (sulfide) groups is 1. The molecule has 0 bridgehead atoms. The summed E-state index contributed by atoms with van der Waals surface area (Å²) in [6.07, 6.45) is 3.61. The molecular formula is C17H14ClNO3S. The molecule has 0 aliphatic carbocycles. The van der Waals surface area contributed by atoms with Gasteiger partial charge in [-0.2, -0.15) is 0 Å². The highest BCUT2D eigenvalue weighted by atomic mass is 35.5. The highest BCUT2D eigenvalue weighted by molar-refractivity contribution is 7.98. The first-order valence-corrected chi connectivity index (χ1v) is 8.23. The Hall–Kier alpha value is -2.24. The molecule has 23 heavy (non-hydrogen) atoms. The van der Waals surface area contributed by atoms with Crippen LogP contribution in [0.2, 0.25) is 0 Å². The molecule has 0 amide bonds. The van der Waals surface area contributed by atoms with Gasteiger partial charge in [-0.05, 0) is 42.7 Å². The van der Waals surface area contributed by atoms with Gasteiger partial charge in [0.15, 0.2) is 6.29 Å². The van der Waals surface area contributed by atoms with Gasteiger partial charge in [-0.15, -0.1) is 11.8 Å². The zero-order chi connectivity index (χ0) is 16.7. The maximum Gasteiger partial charge on any atom is 0.348 e. The fraction of sp³-hybridized carbons (Fsp3) is 0.0588. The van der Waals surface area contributed by atoms with Crippen LogP contribution in [0, 0.1) is 0 Å². The van der Waals surface area contributed by atoms with Gasteiger partial charge in [-0.25, -0.2) is 4.79 Å². The van der Waals surface area contributed by atoms with Gasteiger partial charge >= 0.3 is 5.97 Å². The van der Waals surface area contributed by atoms with E-state index >= 15 is 0 Å². The average molecular weight is 348 g/mol. The lowest BCUT2D eigenvalue weighted by molar-refractivity contribution is -0.131. The summed E-state index contributed by atoms with van der Waals surface area (Å²) in [4.78, 5) is 24.2. The molecule has 118 valence electrons. The summed E-state index contributed by atoms with van der Waals surface area (Å²) in [5, 5.41) is 0. The van der Waals surface area contributed by atoms with Crippen LogP contribution in [0.4, 0.5) is 5.69 Å². The minimum absolute atomic E-state index is 0.183. The van der Waals surface area contributed by atoms with Gasteiger partial charge in [-0.1, -0.05) is 18.2 Å². The van der Waals surface area contributed by atoms with E-state index in [0.29, 0.717) is 17.7 Å². The first-order valence-electron chi connectivity index (χ1n) is 6.67. The fourth-order valence-corrected chi connectivity index (χ4v) is 2.33. The Bertz CT molecular complexity index is 702. The van der Waals surface area contributed by atoms with Gasteiger partial charge in [-0.3, -0.25) is 9.21 Å². The molecule has 0 aliphatic heterocycles. The van der Waals surface area contributed by atoms with Crippen LogP contribution in [0.1, 0.15) is 0 Å². The van der Waals surface area contributed by atoms with E-state index in [1.807, 2.05) is 18.4 Å². The van der Waals surface area contributed by atoms with Gasteiger partial charge in [0.05, 0.1) is 5.69 Å². The number of hydrogen-bond donors (Lipinski definition) is 0. The standard InChI is InChI=1S/C17H14ClNO3S/c1-23-16-9-7-14(8-10-16)19(18)11-13(12-20)17(21)22-15-5-3-2-4-6-15/h2-12H,1H3/b13-11+. The third-order valence-corrected chi connectivity index (χ3v) is 3.92. The van der Waals surface area contributed by atoms with E-state index in [0.717, 1.165) is 4.90 Å². The molecular weight excluding hydrogens is 334 g/mol. The van der Waals surface area contributed by atoms with Crippen molar-refractivity contribution < 1.29 is 14.3 Å². The Labute approximate surface area is 143 Å². The van der Waals surface area contributed by atoms with Crippen LogP contribution in [-0.4, -0.2) is 18.5 Å². The van der Waals surface area contributed by atoms with E-state index in [-0.39, 0.29) is 5.57 Å². The molecule has 0 radical (unpaired) electrons. The van der Waals surface area contributed by atoms with Crippen LogP contribution in [0.3, 0.4) is 0 Å². The summed E-state index contributed by atoms with van der Waals surface area (Å²) in [7, 11) is 0. The Morgan fingerprint density at radius 1 is 1.13 bits per heavy atom. The van der Waals surface area contributed by atoms with Crippen molar-refractivity contribution in [3.8, 4) is 5.75 Å². The first kappa shape index (κ1) is 17.1. The molecule has 0 aromatic heterocycles. The summed E-state index contributed by atoms with van der Waals surface area (Å²) >= 11 is 7.71. The fourth-order valence-electron chi connectivity index (χ4n) is 1.71. The second kappa shape index (κ2) is 8.41. The third kappa shape index (κ3) is 4.87.